The Kier molecular flexibility index (Phi) is 4.11. The van der Waals surface area contributed by atoms with Crippen LogP contribution in [-0.2, 0) is 6.54 Å². The fourth-order valence-electron chi connectivity index (χ4n) is 1.45. The van der Waals surface area contributed by atoms with Gasteiger partial charge in [0.15, 0.2) is 11.5 Å². The third-order valence-electron chi connectivity index (χ3n) is 2.25. The van der Waals surface area contributed by atoms with E-state index in [1.54, 1.807) is 0 Å². The van der Waals surface area contributed by atoms with Crippen molar-refractivity contribution >= 4 is 11.5 Å². The van der Waals surface area contributed by atoms with E-state index in [1.807, 2.05) is 32.0 Å². The Bertz CT molecular complexity index is 528. The molecule has 1 aromatic heterocycles. The molecular weight excluding hydrogens is 250 g/mol. The van der Waals surface area contributed by atoms with E-state index < -0.39 is 0 Å². The molecule has 96 valence electrons. The van der Waals surface area contributed by atoms with Crippen LogP contribution in [0.5, 0.6) is 16.7 Å². The van der Waals surface area contributed by atoms with Gasteiger partial charge in [0.05, 0.1) is 6.61 Å². The van der Waals surface area contributed by atoms with Crippen LogP contribution in [0.3, 0.4) is 0 Å². The number of rotatable bonds is 5. The molecule has 0 unspecified atom stereocenters. The third-order valence-corrected chi connectivity index (χ3v) is 2.94. The van der Waals surface area contributed by atoms with Crippen LogP contribution in [0.25, 0.3) is 0 Å². The van der Waals surface area contributed by atoms with Gasteiger partial charge in [0.2, 0.25) is 0 Å². The average molecular weight is 265 g/mol. The molecule has 2 N–H and O–H groups in total. The second kappa shape index (κ2) is 5.79. The lowest BCUT2D eigenvalue weighted by Gasteiger charge is -2.10. The molecule has 1 aromatic carbocycles. The molecule has 0 fully saturated rings. The largest absolute Gasteiger partial charge is 0.490 e. The summed E-state index contributed by atoms with van der Waals surface area (Å²) >= 11 is 1.22. The maximum atomic E-state index is 5.66. The minimum atomic E-state index is 0.471. The molecule has 6 heteroatoms. The van der Waals surface area contributed by atoms with Crippen LogP contribution < -0.4 is 15.2 Å². The number of hydrogen-bond donors (Lipinski definition) is 1. The molecule has 0 saturated carbocycles. The van der Waals surface area contributed by atoms with Crippen LogP contribution >= 0.6 is 11.5 Å². The van der Waals surface area contributed by atoms with Gasteiger partial charge in [0.25, 0.3) is 5.19 Å². The van der Waals surface area contributed by atoms with Gasteiger partial charge in [-0.25, -0.2) is 0 Å². The van der Waals surface area contributed by atoms with E-state index >= 15 is 0 Å². The van der Waals surface area contributed by atoms with Gasteiger partial charge in [-0.2, -0.15) is 9.36 Å². The maximum absolute atomic E-state index is 5.66. The molecule has 0 aliphatic heterocycles. The molecule has 0 atom stereocenters. The van der Waals surface area contributed by atoms with Gasteiger partial charge in [-0.1, -0.05) is 6.07 Å². The molecule has 2 aromatic rings. The standard InChI is InChI=1S/C12H15N3O2S/c1-3-16-11-6-9(7-13)4-5-10(11)17-12-14-8(2)15-18-12/h4-6H,3,7,13H2,1-2H3. The SMILES string of the molecule is CCOc1cc(CN)ccc1Oc1nc(C)ns1. The predicted octanol–water partition coefficient (Wildman–Crippen LogP) is 2.50. The molecule has 0 saturated heterocycles. The van der Waals surface area contributed by atoms with E-state index in [4.69, 9.17) is 15.2 Å². The summed E-state index contributed by atoms with van der Waals surface area (Å²) in [4.78, 5) is 4.15. The quantitative estimate of drug-likeness (QED) is 0.899. The van der Waals surface area contributed by atoms with Crippen molar-refractivity contribution in [2.24, 2.45) is 5.73 Å². The Morgan fingerprint density at radius 1 is 1.33 bits per heavy atom. The first kappa shape index (κ1) is 12.8. The van der Waals surface area contributed by atoms with E-state index in [2.05, 4.69) is 9.36 Å². The molecule has 2 rings (SSSR count). The van der Waals surface area contributed by atoms with E-state index in [-0.39, 0.29) is 0 Å². The molecule has 0 radical (unpaired) electrons. The second-order valence-corrected chi connectivity index (χ2v) is 4.34. The monoisotopic (exact) mass is 265 g/mol. The predicted molar refractivity (Wildman–Crippen MR) is 70.2 cm³/mol. The van der Waals surface area contributed by atoms with Crippen LogP contribution in [0.15, 0.2) is 18.2 Å². The Balaban J connectivity index is 2.25. The highest BCUT2D eigenvalue weighted by atomic mass is 32.1. The van der Waals surface area contributed by atoms with Gasteiger partial charge in [0.1, 0.15) is 5.82 Å². The van der Waals surface area contributed by atoms with Crippen molar-refractivity contribution in [3.8, 4) is 16.7 Å². The van der Waals surface area contributed by atoms with Crippen LogP contribution in [0.1, 0.15) is 18.3 Å². The first-order chi connectivity index (χ1) is 8.72. The van der Waals surface area contributed by atoms with Crippen molar-refractivity contribution < 1.29 is 9.47 Å². The molecule has 1 heterocycles. The summed E-state index contributed by atoms with van der Waals surface area (Å²) in [6.07, 6.45) is 0. The number of aryl methyl sites for hydroxylation is 1. The summed E-state index contributed by atoms with van der Waals surface area (Å²) in [5.41, 5.74) is 6.60. The molecule has 0 spiro atoms. The van der Waals surface area contributed by atoms with Gasteiger partial charge in [-0.15, -0.1) is 0 Å². The minimum Gasteiger partial charge on any atom is -0.490 e. The van der Waals surface area contributed by atoms with Crippen molar-refractivity contribution in [1.29, 1.82) is 0 Å². The smallest absolute Gasteiger partial charge is 0.298 e. The zero-order chi connectivity index (χ0) is 13.0. The number of benzene rings is 1. The third kappa shape index (κ3) is 2.96. The second-order valence-electron chi connectivity index (χ2n) is 3.63. The highest BCUT2D eigenvalue weighted by Gasteiger charge is 2.09. The van der Waals surface area contributed by atoms with Crippen LogP contribution in [0.2, 0.25) is 0 Å². The van der Waals surface area contributed by atoms with E-state index in [0.29, 0.717) is 35.7 Å². The van der Waals surface area contributed by atoms with Gasteiger partial charge >= 0.3 is 0 Å². The van der Waals surface area contributed by atoms with Gasteiger partial charge in [0, 0.05) is 18.1 Å². The van der Waals surface area contributed by atoms with Crippen molar-refractivity contribution in [2.45, 2.75) is 20.4 Å². The number of hydrogen-bond acceptors (Lipinski definition) is 6. The average Bonchev–Trinajstić information content (AvgIpc) is 2.77. The number of aromatic nitrogens is 2. The first-order valence-electron chi connectivity index (χ1n) is 5.67. The Morgan fingerprint density at radius 3 is 2.78 bits per heavy atom. The molecule has 0 aliphatic rings. The summed E-state index contributed by atoms with van der Waals surface area (Å²) in [6.45, 7) is 4.79. The number of ether oxygens (including phenoxy) is 2. The van der Waals surface area contributed by atoms with E-state index in [0.717, 1.165) is 5.56 Å². The molecule has 18 heavy (non-hydrogen) atoms. The Morgan fingerprint density at radius 2 is 2.17 bits per heavy atom. The molecule has 0 bridgehead atoms. The lowest BCUT2D eigenvalue weighted by Crippen LogP contribution is -2.00. The summed E-state index contributed by atoms with van der Waals surface area (Å²) in [7, 11) is 0. The van der Waals surface area contributed by atoms with Crippen molar-refractivity contribution in [3.05, 3.63) is 29.6 Å². The van der Waals surface area contributed by atoms with Crippen molar-refractivity contribution in [2.75, 3.05) is 6.61 Å². The van der Waals surface area contributed by atoms with Crippen molar-refractivity contribution in [3.63, 3.8) is 0 Å². The zero-order valence-corrected chi connectivity index (χ0v) is 11.2. The topological polar surface area (TPSA) is 70.3 Å². The zero-order valence-electron chi connectivity index (χ0n) is 10.3. The molecule has 0 amide bonds. The van der Waals surface area contributed by atoms with E-state index in [9.17, 15) is 0 Å². The first-order valence-corrected chi connectivity index (χ1v) is 6.44. The molecule has 0 aliphatic carbocycles. The summed E-state index contributed by atoms with van der Waals surface area (Å²) in [6, 6.07) is 5.63. The lowest BCUT2D eigenvalue weighted by atomic mass is 10.2. The van der Waals surface area contributed by atoms with Crippen molar-refractivity contribution in [1.82, 2.24) is 9.36 Å². The maximum Gasteiger partial charge on any atom is 0.298 e. The highest BCUT2D eigenvalue weighted by molar-refractivity contribution is 7.07. The van der Waals surface area contributed by atoms with Gasteiger partial charge in [-0.3, -0.25) is 0 Å². The fraction of sp³-hybridized carbons (Fsp3) is 0.333. The minimum absolute atomic E-state index is 0.471. The lowest BCUT2D eigenvalue weighted by molar-refractivity contribution is 0.320. The van der Waals surface area contributed by atoms with Crippen LogP contribution in [-0.4, -0.2) is 16.0 Å². The fourth-order valence-corrected chi connectivity index (χ4v) is 2.00. The number of nitrogens with two attached hydrogens (primary N) is 1. The summed E-state index contributed by atoms with van der Waals surface area (Å²) < 4.78 is 15.3. The van der Waals surface area contributed by atoms with Gasteiger partial charge in [-0.05, 0) is 31.5 Å². The van der Waals surface area contributed by atoms with Crippen LogP contribution in [0.4, 0.5) is 0 Å². The summed E-state index contributed by atoms with van der Waals surface area (Å²) in [5.74, 6) is 2.00. The molecule has 5 nitrogen and oxygen atoms in total. The normalized spacial score (nSPS) is 10.4. The van der Waals surface area contributed by atoms with Crippen LogP contribution in [0, 0.1) is 6.92 Å². The van der Waals surface area contributed by atoms with E-state index in [1.165, 1.54) is 11.5 Å². The Hall–Kier alpha value is -1.66. The molecular formula is C12H15N3O2S. The highest BCUT2D eigenvalue weighted by Crippen LogP contribution is 2.33. The Labute approximate surface area is 110 Å². The summed E-state index contributed by atoms with van der Waals surface area (Å²) in [5, 5.41) is 0.508. The number of nitrogens with zero attached hydrogens (tertiary/aromatic N) is 2. The van der Waals surface area contributed by atoms with Gasteiger partial charge < -0.3 is 15.2 Å².